The Morgan fingerprint density at radius 3 is 3.08 bits per heavy atom. The zero-order chi connectivity index (χ0) is 8.81. The molecule has 1 atom stereocenters. The minimum Gasteiger partial charge on any atom is -0.481 e. The normalized spacial score (nSPS) is 22.8. The molecular weight excluding hydrogens is 160 g/mol. The highest BCUT2D eigenvalue weighted by Gasteiger charge is 2.15. The number of carbonyl (C=O) groups is 1. The third-order valence-electron chi connectivity index (χ3n) is 1.79. The van der Waals surface area contributed by atoms with Gasteiger partial charge >= 0.3 is 5.97 Å². The molecule has 0 saturated carbocycles. The van der Waals surface area contributed by atoms with E-state index >= 15 is 0 Å². The molecule has 0 aliphatic carbocycles. The summed E-state index contributed by atoms with van der Waals surface area (Å²) in [6.45, 7) is 1.63. The van der Waals surface area contributed by atoms with Crippen LogP contribution in [-0.4, -0.2) is 37.0 Å². The van der Waals surface area contributed by atoms with Gasteiger partial charge in [-0.1, -0.05) is 0 Å². The lowest BCUT2D eigenvalue weighted by molar-refractivity contribution is -0.138. The van der Waals surface area contributed by atoms with Gasteiger partial charge in [-0.2, -0.15) is 0 Å². The molecule has 0 amide bonds. The van der Waals surface area contributed by atoms with E-state index in [2.05, 4.69) is 0 Å². The number of hydrogen-bond acceptors (Lipinski definition) is 3. The number of aliphatic carboxylic acids is 1. The number of hydrogen-bond donors (Lipinski definition) is 1. The molecule has 0 radical (unpaired) electrons. The summed E-state index contributed by atoms with van der Waals surface area (Å²) in [5.41, 5.74) is 0. The summed E-state index contributed by atoms with van der Waals surface area (Å²) in [6.07, 6.45) is 2.39. The highest BCUT2D eigenvalue weighted by Crippen LogP contribution is 2.11. The van der Waals surface area contributed by atoms with Crippen molar-refractivity contribution < 1.29 is 19.4 Å². The Balaban J connectivity index is 1.91. The molecule has 1 unspecified atom stereocenters. The molecular formula is C8H14O4. The summed E-state index contributed by atoms with van der Waals surface area (Å²) in [6, 6.07) is 0. The van der Waals surface area contributed by atoms with Gasteiger partial charge in [0.2, 0.25) is 0 Å². The zero-order valence-electron chi connectivity index (χ0n) is 6.99. The first-order chi connectivity index (χ1) is 5.79. The van der Waals surface area contributed by atoms with E-state index in [0.29, 0.717) is 6.61 Å². The van der Waals surface area contributed by atoms with Crippen LogP contribution in [0.4, 0.5) is 0 Å². The van der Waals surface area contributed by atoms with Gasteiger partial charge in [0.05, 0.1) is 25.7 Å². The lowest BCUT2D eigenvalue weighted by Crippen LogP contribution is -2.15. The van der Waals surface area contributed by atoms with E-state index in [1.165, 1.54) is 0 Å². The maximum Gasteiger partial charge on any atom is 0.305 e. The second-order valence-electron chi connectivity index (χ2n) is 2.85. The van der Waals surface area contributed by atoms with Crippen molar-refractivity contribution in [1.82, 2.24) is 0 Å². The summed E-state index contributed by atoms with van der Waals surface area (Å²) < 4.78 is 10.4. The van der Waals surface area contributed by atoms with Crippen LogP contribution in [0.15, 0.2) is 0 Å². The summed E-state index contributed by atoms with van der Waals surface area (Å²) >= 11 is 0. The van der Waals surface area contributed by atoms with Crippen molar-refractivity contribution in [3.05, 3.63) is 0 Å². The van der Waals surface area contributed by atoms with Crippen molar-refractivity contribution in [2.75, 3.05) is 19.8 Å². The second-order valence-corrected chi connectivity index (χ2v) is 2.85. The fourth-order valence-corrected chi connectivity index (χ4v) is 1.15. The molecule has 1 aliphatic rings. The maximum absolute atomic E-state index is 10.1. The molecule has 1 aliphatic heterocycles. The number of carboxylic acid groups (broad SMARTS) is 1. The minimum absolute atomic E-state index is 0.0761. The van der Waals surface area contributed by atoms with E-state index in [-0.39, 0.29) is 19.1 Å². The molecule has 1 N–H and O–H groups in total. The van der Waals surface area contributed by atoms with Gasteiger partial charge < -0.3 is 14.6 Å². The SMILES string of the molecule is O=C(O)CCOCC1CCCO1. The summed E-state index contributed by atoms with van der Waals surface area (Å²) in [4.78, 5) is 10.1. The number of rotatable bonds is 5. The molecule has 0 spiro atoms. The third-order valence-corrected chi connectivity index (χ3v) is 1.79. The third kappa shape index (κ3) is 3.69. The molecule has 4 heteroatoms. The van der Waals surface area contributed by atoms with Crippen LogP contribution in [0, 0.1) is 0 Å². The molecule has 70 valence electrons. The molecule has 0 aromatic carbocycles. The Labute approximate surface area is 71.5 Å². The minimum atomic E-state index is -0.817. The highest BCUT2D eigenvalue weighted by atomic mass is 16.5. The van der Waals surface area contributed by atoms with Crippen LogP contribution < -0.4 is 0 Å². The van der Waals surface area contributed by atoms with Gasteiger partial charge in [0, 0.05) is 6.61 Å². The molecule has 0 bridgehead atoms. The van der Waals surface area contributed by atoms with Crippen LogP contribution in [0.3, 0.4) is 0 Å². The van der Waals surface area contributed by atoms with Gasteiger partial charge in [-0.05, 0) is 12.8 Å². The predicted octanol–water partition coefficient (Wildman–Crippen LogP) is 0.657. The zero-order valence-corrected chi connectivity index (χ0v) is 6.99. The van der Waals surface area contributed by atoms with Gasteiger partial charge in [0.25, 0.3) is 0 Å². The van der Waals surface area contributed by atoms with E-state index in [1.807, 2.05) is 0 Å². The van der Waals surface area contributed by atoms with Crippen molar-refractivity contribution in [3.63, 3.8) is 0 Å². The molecule has 1 saturated heterocycles. The van der Waals surface area contributed by atoms with Crippen LogP contribution in [0.1, 0.15) is 19.3 Å². The lowest BCUT2D eigenvalue weighted by atomic mass is 10.2. The monoisotopic (exact) mass is 174 g/mol. The average Bonchev–Trinajstić information content (AvgIpc) is 2.49. The van der Waals surface area contributed by atoms with E-state index in [9.17, 15) is 4.79 Å². The van der Waals surface area contributed by atoms with E-state index in [1.54, 1.807) is 0 Å². The van der Waals surface area contributed by atoms with Crippen molar-refractivity contribution in [3.8, 4) is 0 Å². The second kappa shape index (κ2) is 5.11. The fourth-order valence-electron chi connectivity index (χ4n) is 1.15. The maximum atomic E-state index is 10.1. The largest absolute Gasteiger partial charge is 0.481 e. The van der Waals surface area contributed by atoms with Crippen LogP contribution in [0.25, 0.3) is 0 Å². The van der Waals surface area contributed by atoms with Crippen molar-refractivity contribution in [2.24, 2.45) is 0 Å². The molecule has 4 nitrogen and oxygen atoms in total. The Morgan fingerprint density at radius 2 is 2.50 bits per heavy atom. The first kappa shape index (κ1) is 9.48. The number of ether oxygens (including phenoxy) is 2. The summed E-state index contributed by atoms with van der Waals surface area (Å²) in [5, 5.41) is 8.29. The predicted molar refractivity (Wildman–Crippen MR) is 42.0 cm³/mol. The van der Waals surface area contributed by atoms with E-state index < -0.39 is 5.97 Å². The van der Waals surface area contributed by atoms with Gasteiger partial charge in [0.1, 0.15) is 0 Å². The van der Waals surface area contributed by atoms with E-state index in [0.717, 1.165) is 19.4 Å². The fraction of sp³-hybridized carbons (Fsp3) is 0.875. The standard InChI is InChI=1S/C8H14O4/c9-8(10)3-5-11-6-7-2-1-4-12-7/h7H,1-6H2,(H,9,10). The molecule has 1 heterocycles. The van der Waals surface area contributed by atoms with Crippen LogP contribution in [-0.2, 0) is 14.3 Å². The summed E-state index contributed by atoms with van der Waals surface area (Å²) in [7, 11) is 0. The molecule has 12 heavy (non-hydrogen) atoms. The summed E-state index contributed by atoms with van der Waals surface area (Å²) in [5.74, 6) is -0.817. The molecule has 1 rings (SSSR count). The smallest absolute Gasteiger partial charge is 0.305 e. The van der Waals surface area contributed by atoms with Crippen molar-refractivity contribution in [2.45, 2.75) is 25.4 Å². The van der Waals surface area contributed by atoms with Gasteiger partial charge in [0.15, 0.2) is 0 Å². The Bertz CT molecular complexity index is 140. The van der Waals surface area contributed by atoms with Gasteiger partial charge in [-0.25, -0.2) is 0 Å². The Hall–Kier alpha value is -0.610. The Morgan fingerprint density at radius 1 is 1.67 bits per heavy atom. The van der Waals surface area contributed by atoms with Crippen LogP contribution >= 0.6 is 0 Å². The highest BCUT2D eigenvalue weighted by molar-refractivity contribution is 5.66. The van der Waals surface area contributed by atoms with Crippen LogP contribution in [0.5, 0.6) is 0 Å². The number of carboxylic acids is 1. The lowest BCUT2D eigenvalue weighted by Gasteiger charge is -2.08. The quantitative estimate of drug-likeness (QED) is 0.622. The van der Waals surface area contributed by atoms with E-state index in [4.69, 9.17) is 14.6 Å². The topological polar surface area (TPSA) is 55.8 Å². The molecule has 0 aromatic heterocycles. The van der Waals surface area contributed by atoms with Crippen molar-refractivity contribution in [1.29, 1.82) is 0 Å². The van der Waals surface area contributed by atoms with Gasteiger partial charge in [-0.3, -0.25) is 4.79 Å². The molecule has 1 fully saturated rings. The Kier molecular flexibility index (Phi) is 4.04. The van der Waals surface area contributed by atoms with Crippen LogP contribution in [0.2, 0.25) is 0 Å². The van der Waals surface area contributed by atoms with Gasteiger partial charge in [-0.15, -0.1) is 0 Å². The first-order valence-electron chi connectivity index (χ1n) is 4.20. The first-order valence-corrected chi connectivity index (χ1v) is 4.20. The molecule has 0 aromatic rings. The average molecular weight is 174 g/mol. The van der Waals surface area contributed by atoms with Crippen molar-refractivity contribution >= 4 is 5.97 Å².